The van der Waals surface area contributed by atoms with E-state index in [4.69, 9.17) is 4.74 Å². The number of carbonyl (C=O) groups is 2. The Hall–Kier alpha value is -3.85. The van der Waals surface area contributed by atoms with Crippen LogP contribution in [0.5, 0.6) is 11.5 Å². The van der Waals surface area contributed by atoms with Crippen LogP contribution >= 0.6 is 11.3 Å². The van der Waals surface area contributed by atoms with Crippen molar-refractivity contribution < 1.29 is 18.7 Å². The minimum atomic E-state index is -0.595. The molecule has 5 rings (SSSR count). The molecule has 0 radical (unpaired) electrons. The molecule has 7 nitrogen and oxygen atoms in total. The van der Waals surface area contributed by atoms with Gasteiger partial charge in [0.25, 0.3) is 0 Å². The van der Waals surface area contributed by atoms with Gasteiger partial charge in [-0.3, -0.25) is 14.8 Å². The van der Waals surface area contributed by atoms with Crippen LogP contribution in [0.25, 0.3) is 20.8 Å². The third-order valence-corrected chi connectivity index (χ3v) is 6.03. The van der Waals surface area contributed by atoms with Crippen LogP contribution in [0.4, 0.5) is 14.9 Å². The molecule has 2 N–H and O–H groups in total. The van der Waals surface area contributed by atoms with Crippen LogP contribution in [0, 0.1) is 5.82 Å². The van der Waals surface area contributed by atoms with Crippen molar-refractivity contribution in [1.82, 2.24) is 15.3 Å². The van der Waals surface area contributed by atoms with Crippen LogP contribution in [0.2, 0.25) is 0 Å². The van der Waals surface area contributed by atoms with Crippen molar-refractivity contribution in [3.8, 4) is 22.1 Å². The van der Waals surface area contributed by atoms with Crippen molar-refractivity contribution in [2.45, 2.75) is 32.7 Å². The molecule has 3 heterocycles. The molecule has 1 fully saturated rings. The van der Waals surface area contributed by atoms with Crippen LogP contribution in [0.15, 0.2) is 54.9 Å². The number of thiophene rings is 1. The van der Waals surface area contributed by atoms with Gasteiger partial charge in [-0.25, -0.2) is 9.18 Å². The first kappa shape index (κ1) is 23.3. The van der Waals surface area contributed by atoms with Gasteiger partial charge in [0.2, 0.25) is 0 Å². The lowest BCUT2D eigenvalue weighted by Gasteiger charge is -2.10. The van der Waals surface area contributed by atoms with Crippen LogP contribution in [0.3, 0.4) is 0 Å². The van der Waals surface area contributed by atoms with Gasteiger partial charge in [0, 0.05) is 41.8 Å². The summed E-state index contributed by atoms with van der Waals surface area (Å²) >= 11 is 1.41. The van der Waals surface area contributed by atoms with E-state index in [-0.39, 0.29) is 17.8 Å². The number of hydrogen-bond donors (Lipinski definition) is 2. The zero-order chi connectivity index (χ0) is 24.1. The third-order valence-electron chi connectivity index (χ3n) is 4.87. The molecule has 4 aromatic rings. The molecule has 2 amide bonds. The number of nitrogens with zero attached hydrogens (tertiary/aromatic N) is 2. The van der Waals surface area contributed by atoms with E-state index in [9.17, 15) is 14.0 Å². The van der Waals surface area contributed by atoms with E-state index >= 15 is 0 Å². The van der Waals surface area contributed by atoms with Gasteiger partial charge in [-0.15, -0.1) is 11.3 Å². The summed E-state index contributed by atoms with van der Waals surface area (Å²) in [7, 11) is 0. The number of amides is 2. The summed E-state index contributed by atoms with van der Waals surface area (Å²) in [5.41, 5.74) is 2.24. The number of urea groups is 1. The average Bonchev–Trinajstić information content (AvgIpc) is 3.55. The fourth-order valence-electron chi connectivity index (χ4n) is 3.10. The number of fused-ring (bicyclic) bond motifs is 1. The smallest absolute Gasteiger partial charge is 0.319 e. The number of hydrogen-bond acceptors (Lipinski definition) is 6. The van der Waals surface area contributed by atoms with Gasteiger partial charge in [0.05, 0.1) is 20.8 Å². The molecular weight excluding hydrogens is 455 g/mol. The summed E-state index contributed by atoms with van der Waals surface area (Å²) in [6.45, 7) is 4.00. The molecule has 0 saturated heterocycles. The Morgan fingerprint density at radius 1 is 1.12 bits per heavy atom. The van der Waals surface area contributed by atoms with E-state index in [2.05, 4.69) is 20.6 Å². The molecule has 174 valence electrons. The van der Waals surface area contributed by atoms with Gasteiger partial charge < -0.3 is 15.4 Å². The molecule has 9 heteroatoms. The van der Waals surface area contributed by atoms with Gasteiger partial charge in [-0.1, -0.05) is 13.8 Å². The normalized spacial score (nSPS) is 12.4. The van der Waals surface area contributed by atoms with Gasteiger partial charge in [0.1, 0.15) is 5.75 Å². The Morgan fingerprint density at radius 3 is 2.62 bits per heavy atom. The Balaban J connectivity index is 0.00000133. The minimum Gasteiger partial charge on any atom is -0.453 e. The van der Waals surface area contributed by atoms with Crippen LogP contribution in [0.1, 0.15) is 37.0 Å². The minimum absolute atomic E-state index is 0.0362. The highest BCUT2D eigenvalue weighted by Gasteiger charge is 2.23. The Kier molecular flexibility index (Phi) is 7.12. The predicted octanol–water partition coefficient (Wildman–Crippen LogP) is 6.41. The molecule has 1 saturated carbocycles. The predicted molar refractivity (Wildman–Crippen MR) is 131 cm³/mol. The first-order valence-corrected chi connectivity index (χ1v) is 11.8. The highest BCUT2D eigenvalue weighted by molar-refractivity contribution is 7.22. The van der Waals surface area contributed by atoms with Crippen molar-refractivity contribution in [1.29, 1.82) is 0 Å². The highest BCUT2D eigenvalue weighted by atomic mass is 32.1. The van der Waals surface area contributed by atoms with Gasteiger partial charge in [-0.05, 0) is 43.2 Å². The van der Waals surface area contributed by atoms with Crippen molar-refractivity contribution in [3.63, 3.8) is 0 Å². The number of benzene rings is 1. The second-order valence-electron chi connectivity index (χ2n) is 7.35. The van der Waals surface area contributed by atoms with Crippen LogP contribution in [-0.4, -0.2) is 28.3 Å². The zero-order valence-electron chi connectivity index (χ0n) is 18.7. The average molecular weight is 479 g/mol. The van der Waals surface area contributed by atoms with E-state index in [1.54, 1.807) is 30.5 Å². The van der Waals surface area contributed by atoms with Crippen LogP contribution in [-0.2, 0) is 0 Å². The molecule has 1 aromatic carbocycles. The maximum absolute atomic E-state index is 14.7. The number of rotatable bonds is 6. The Morgan fingerprint density at radius 2 is 1.94 bits per heavy atom. The first-order valence-electron chi connectivity index (χ1n) is 10.9. The summed E-state index contributed by atoms with van der Waals surface area (Å²) in [4.78, 5) is 32.2. The third kappa shape index (κ3) is 5.37. The Labute approximate surface area is 200 Å². The van der Waals surface area contributed by atoms with Crippen LogP contribution < -0.4 is 15.4 Å². The van der Waals surface area contributed by atoms with Gasteiger partial charge in [-0.2, -0.15) is 0 Å². The maximum Gasteiger partial charge on any atom is 0.319 e. The van der Waals surface area contributed by atoms with Crippen molar-refractivity contribution in [2.75, 3.05) is 5.32 Å². The van der Waals surface area contributed by atoms with E-state index < -0.39 is 5.82 Å². The summed E-state index contributed by atoms with van der Waals surface area (Å²) in [6, 6.07) is 11.1. The second-order valence-corrected chi connectivity index (χ2v) is 8.40. The number of halogens is 1. The fourth-order valence-corrected chi connectivity index (χ4v) is 4.14. The number of ether oxygens (including phenoxy) is 1. The SMILES string of the molecule is CC.O=Cc1ccc(-c2cc3nccc(Oc4ccc(NC(=O)NC5CC5)cc4F)c3s2)nc1. The molecular formula is C25H23FN4O3S. The monoisotopic (exact) mass is 478 g/mol. The number of anilines is 1. The molecule has 0 atom stereocenters. The molecule has 0 aliphatic heterocycles. The van der Waals surface area contributed by atoms with Gasteiger partial charge in [0.15, 0.2) is 17.9 Å². The molecule has 3 aromatic heterocycles. The highest BCUT2D eigenvalue weighted by Crippen LogP contribution is 2.39. The number of aromatic nitrogens is 2. The van der Waals surface area contributed by atoms with Crippen molar-refractivity contribution in [2.24, 2.45) is 0 Å². The topological polar surface area (TPSA) is 93.2 Å². The van der Waals surface area contributed by atoms with Gasteiger partial charge >= 0.3 is 6.03 Å². The largest absolute Gasteiger partial charge is 0.453 e. The number of pyridine rings is 2. The number of carbonyl (C=O) groups excluding carboxylic acids is 2. The summed E-state index contributed by atoms with van der Waals surface area (Å²) in [5.74, 6) is -0.0991. The summed E-state index contributed by atoms with van der Waals surface area (Å²) in [6.07, 6.45) is 5.78. The van der Waals surface area contributed by atoms with E-state index in [1.165, 1.54) is 29.7 Å². The van der Waals surface area contributed by atoms with E-state index in [1.807, 2.05) is 19.9 Å². The van der Waals surface area contributed by atoms with Crippen molar-refractivity contribution >= 4 is 39.6 Å². The second kappa shape index (κ2) is 10.4. The lowest BCUT2D eigenvalue weighted by atomic mass is 10.2. The lowest BCUT2D eigenvalue weighted by molar-refractivity contribution is 0.112. The Bertz CT molecular complexity index is 1320. The zero-order valence-corrected chi connectivity index (χ0v) is 19.5. The molecule has 0 bridgehead atoms. The molecule has 1 aliphatic carbocycles. The summed E-state index contributed by atoms with van der Waals surface area (Å²) in [5, 5.41) is 5.41. The van der Waals surface area contributed by atoms with Crippen molar-refractivity contribution in [3.05, 3.63) is 66.2 Å². The number of aldehydes is 1. The van der Waals surface area contributed by atoms with E-state index in [0.717, 1.165) is 28.7 Å². The fraction of sp³-hybridized carbons (Fsp3) is 0.200. The quantitative estimate of drug-likeness (QED) is 0.312. The maximum atomic E-state index is 14.7. The molecule has 0 unspecified atom stereocenters. The lowest BCUT2D eigenvalue weighted by Crippen LogP contribution is -2.30. The molecule has 0 spiro atoms. The summed E-state index contributed by atoms with van der Waals surface area (Å²) < 4.78 is 21.2. The molecule has 34 heavy (non-hydrogen) atoms. The standard InChI is InChI=1S/C23H17FN4O3S.C2H6/c24-16-9-15(28-23(30)27-14-2-3-14)4-6-19(16)31-20-7-8-25-18-10-21(32-22(18)20)17-5-1-13(12-29)11-26-17;1-2/h1,4-12,14H,2-3H2,(H2,27,28,30);1-2H3. The molecule has 1 aliphatic rings. The first-order chi connectivity index (χ1) is 16.6. The number of nitrogens with one attached hydrogen (secondary N) is 2. The van der Waals surface area contributed by atoms with E-state index in [0.29, 0.717) is 28.2 Å².